The molecule has 0 saturated carbocycles. The summed E-state index contributed by atoms with van der Waals surface area (Å²) in [6.45, 7) is 4.29. The zero-order valence-electron chi connectivity index (χ0n) is 18.2. The van der Waals surface area contributed by atoms with Gasteiger partial charge in [0.05, 0.1) is 22.8 Å². The van der Waals surface area contributed by atoms with Gasteiger partial charge in [0.25, 0.3) is 15.9 Å². The van der Waals surface area contributed by atoms with E-state index in [0.717, 1.165) is 12.8 Å². The predicted octanol–water partition coefficient (Wildman–Crippen LogP) is 4.64. The molecule has 3 rings (SSSR count). The van der Waals surface area contributed by atoms with E-state index in [1.807, 2.05) is 32.0 Å². The molecule has 7 heteroatoms. The van der Waals surface area contributed by atoms with Gasteiger partial charge >= 0.3 is 0 Å². The van der Waals surface area contributed by atoms with E-state index in [2.05, 4.69) is 22.2 Å². The summed E-state index contributed by atoms with van der Waals surface area (Å²) in [5.74, 6) is 0.270. The lowest BCUT2D eigenvalue weighted by atomic mass is 10.1. The van der Waals surface area contributed by atoms with Crippen molar-refractivity contribution in [1.82, 2.24) is 5.32 Å². The second-order valence-corrected chi connectivity index (χ2v) is 9.14. The van der Waals surface area contributed by atoms with Crippen molar-refractivity contribution < 1.29 is 17.9 Å². The van der Waals surface area contributed by atoms with Crippen LogP contribution in [0.25, 0.3) is 0 Å². The van der Waals surface area contributed by atoms with Gasteiger partial charge in [0, 0.05) is 6.04 Å². The Morgan fingerprint density at radius 3 is 2.28 bits per heavy atom. The summed E-state index contributed by atoms with van der Waals surface area (Å²) in [7, 11) is -3.86. The number of ether oxygens (including phenoxy) is 1. The second-order valence-electron chi connectivity index (χ2n) is 7.45. The Balaban J connectivity index is 1.68. The van der Waals surface area contributed by atoms with Crippen LogP contribution in [-0.4, -0.2) is 27.0 Å². The molecule has 0 heterocycles. The number of amides is 1. The lowest BCUT2D eigenvalue weighted by molar-refractivity contribution is 0.0939. The van der Waals surface area contributed by atoms with Gasteiger partial charge in [-0.3, -0.25) is 9.52 Å². The normalized spacial score (nSPS) is 12.1. The molecule has 0 fully saturated rings. The van der Waals surface area contributed by atoms with E-state index in [9.17, 15) is 13.2 Å². The third-order valence-corrected chi connectivity index (χ3v) is 6.33. The van der Waals surface area contributed by atoms with Crippen LogP contribution in [0.15, 0.2) is 83.8 Å². The lowest BCUT2D eigenvalue weighted by Gasteiger charge is -2.17. The summed E-state index contributed by atoms with van der Waals surface area (Å²) >= 11 is 0. The molecule has 168 valence electrons. The number of hydrogen-bond donors (Lipinski definition) is 2. The van der Waals surface area contributed by atoms with Gasteiger partial charge in [-0.1, -0.05) is 42.5 Å². The van der Waals surface area contributed by atoms with E-state index >= 15 is 0 Å². The van der Waals surface area contributed by atoms with Gasteiger partial charge < -0.3 is 10.1 Å². The smallest absolute Gasteiger partial charge is 0.261 e. The van der Waals surface area contributed by atoms with E-state index < -0.39 is 10.0 Å². The van der Waals surface area contributed by atoms with Crippen LogP contribution >= 0.6 is 0 Å². The molecule has 0 saturated heterocycles. The summed E-state index contributed by atoms with van der Waals surface area (Å²) in [4.78, 5) is 13.0. The molecular formula is C25H28N2O4S. The number of anilines is 1. The summed E-state index contributed by atoms with van der Waals surface area (Å²) in [5.41, 5.74) is 1.71. The molecule has 0 aromatic heterocycles. The van der Waals surface area contributed by atoms with E-state index in [1.54, 1.807) is 36.4 Å². The molecular weight excluding hydrogens is 424 g/mol. The van der Waals surface area contributed by atoms with Gasteiger partial charge in [0.15, 0.2) is 0 Å². The highest BCUT2D eigenvalue weighted by atomic mass is 32.2. The summed E-state index contributed by atoms with van der Waals surface area (Å²) in [6, 6.07) is 22.7. The van der Waals surface area contributed by atoms with Gasteiger partial charge in [-0.2, -0.15) is 0 Å². The predicted molar refractivity (Wildman–Crippen MR) is 127 cm³/mol. The van der Waals surface area contributed by atoms with Gasteiger partial charge in [-0.15, -0.1) is 0 Å². The average Bonchev–Trinajstić information content (AvgIpc) is 2.79. The molecule has 0 spiro atoms. The summed E-state index contributed by atoms with van der Waals surface area (Å²) in [6.07, 6.45) is 1.62. The molecule has 0 aliphatic rings. The molecule has 0 radical (unpaired) electrons. The first kappa shape index (κ1) is 23.3. The number of hydrogen-bond acceptors (Lipinski definition) is 4. The van der Waals surface area contributed by atoms with E-state index in [1.165, 1.54) is 17.7 Å². The Bertz CT molecular complexity index is 1130. The molecule has 1 unspecified atom stereocenters. The molecule has 1 amide bonds. The van der Waals surface area contributed by atoms with Crippen molar-refractivity contribution in [1.29, 1.82) is 0 Å². The minimum absolute atomic E-state index is 0.0709. The first-order valence-electron chi connectivity index (χ1n) is 10.6. The van der Waals surface area contributed by atoms with Crippen molar-refractivity contribution in [3.8, 4) is 5.75 Å². The van der Waals surface area contributed by atoms with E-state index in [4.69, 9.17) is 4.74 Å². The largest absolute Gasteiger partial charge is 0.494 e. The summed E-state index contributed by atoms with van der Waals surface area (Å²) in [5, 5.41) is 2.96. The Morgan fingerprint density at radius 1 is 0.938 bits per heavy atom. The Hall–Kier alpha value is -3.32. The maximum Gasteiger partial charge on any atom is 0.261 e. The number of carbonyl (C=O) groups excluding carboxylic acids is 1. The van der Waals surface area contributed by atoms with Crippen molar-refractivity contribution in [3.63, 3.8) is 0 Å². The molecule has 0 aliphatic heterocycles. The zero-order chi connectivity index (χ0) is 23.0. The highest BCUT2D eigenvalue weighted by molar-refractivity contribution is 7.92. The number of carbonyl (C=O) groups is 1. The topological polar surface area (TPSA) is 84.5 Å². The van der Waals surface area contributed by atoms with Crippen molar-refractivity contribution in [2.75, 3.05) is 11.3 Å². The van der Waals surface area contributed by atoms with Gasteiger partial charge in [0.2, 0.25) is 0 Å². The van der Waals surface area contributed by atoms with Crippen molar-refractivity contribution in [2.24, 2.45) is 0 Å². The van der Waals surface area contributed by atoms with Crippen LogP contribution < -0.4 is 14.8 Å². The van der Waals surface area contributed by atoms with Crippen LogP contribution in [0, 0.1) is 0 Å². The number of para-hydroxylation sites is 1. The monoisotopic (exact) mass is 452 g/mol. The average molecular weight is 453 g/mol. The fourth-order valence-electron chi connectivity index (χ4n) is 3.26. The number of benzene rings is 3. The van der Waals surface area contributed by atoms with Crippen LogP contribution in [0.2, 0.25) is 0 Å². The van der Waals surface area contributed by atoms with Gasteiger partial charge in [0.1, 0.15) is 5.75 Å². The molecule has 3 aromatic carbocycles. The third kappa shape index (κ3) is 6.34. The highest BCUT2D eigenvalue weighted by Gasteiger charge is 2.19. The van der Waals surface area contributed by atoms with Crippen LogP contribution in [0.3, 0.4) is 0 Å². The second kappa shape index (κ2) is 10.8. The molecule has 0 aliphatic carbocycles. The SMILES string of the molecule is CCOc1ccc(S(=O)(=O)Nc2ccccc2C(=O)NC(C)CCc2ccccc2)cc1. The minimum atomic E-state index is -3.86. The Kier molecular flexibility index (Phi) is 7.89. The standard InChI is InChI=1S/C25H28N2O4S/c1-3-31-21-15-17-22(18-16-21)32(29,30)27-24-12-8-7-11-23(24)25(28)26-19(2)13-14-20-9-5-4-6-10-20/h4-12,15-19,27H,3,13-14H2,1-2H3,(H,26,28). The fourth-order valence-corrected chi connectivity index (χ4v) is 4.34. The van der Waals surface area contributed by atoms with Crippen molar-refractivity contribution in [3.05, 3.63) is 90.0 Å². The highest BCUT2D eigenvalue weighted by Crippen LogP contribution is 2.22. The van der Waals surface area contributed by atoms with Crippen molar-refractivity contribution in [2.45, 2.75) is 37.6 Å². The Morgan fingerprint density at radius 2 is 1.59 bits per heavy atom. The fraction of sp³-hybridized carbons (Fsp3) is 0.240. The number of sulfonamides is 1. The Labute approximate surface area is 189 Å². The number of rotatable bonds is 10. The van der Waals surface area contributed by atoms with Crippen LogP contribution in [0.1, 0.15) is 36.2 Å². The molecule has 32 heavy (non-hydrogen) atoms. The molecule has 3 aromatic rings. The van der Waals surface area contributed by atoms with Crippen LogP contribution in [0.5, 0.6) is 5.75 Å². The first-order valence-corrected chi connectivity index (χ1v) is 12.1. The van der Waals surface area contributed by atoms with Crippen molar-refractivity contribution >= 4 is 21.6 Å². The minimum Gasteiger partial charge on any atom is -0.494 e. The maximum absolute atomic E-state index is 12.9. The third-order valence-electron chi connectivity index (χ3n) is 4.95. The first-order chi connectivity index (χ1) is 15.4. The number of aryl methyl sites for hydroxylation is 1. The molecule has 2 N–H and O–H groups in total. The quantitative estimate of drug-likeness (QED) is 0.469. The maximum atomic E-state index is 12.9. The van der Waals surface area contributed by atoms with Gasteiger partial charge in [-0.25, -0.2) is 8.42 Å². The van der Waals surface area contributed by atoms with Crippen LogP contribution in [0.4, 0.5) is 5.69 Å². The molecule has 0 bridgehead atoms. The number of nitrogens with one attached hydrogen (secondary N) is 2. The molecule has 1 atom stereocenters. The molecule has 6 nitrogen and oxygen atoms in total. The lowest BCUT2D eigenvalue weighted by Crippen LogP contribution is -2.33. The zero-order valence-corrected chi connectivity index (χ0v) is 19.1. The van der Waals surface area contributed by atoms with Gasteiger partial charge in [-0.05, 0) is 68.7 Å². The van der Waals surface area contributed by atoms with E-state index in [-0.39, 0.29) is 28.1 Å². The van der Waals surface area contributed by atoms with Crippen LogP contribution in [-0.2, 0) is 16.4 Å². The van der Waals surface area contributed by atoms with E-state index in [0.29, 0.717) is 12.4 Å². The summed E-state index contributed by atoms with van der Waals surface area (Å²) < 4.78 is 33.6.